The number of nitrogens with zero attached hydrogens (tertiary/aromatic N) is 1. The predicted molar refractivity (Wildman–Crippen MR) is 102 cm³/mol. The number of carbonyl (C=O) groups is 1. The van der Waals surface area contributed by atoms with E-state index in [0.717, 1.165) is 17.7 Å². The largest absolute Gasteiger partial charge is 0.350 e. The van der Waals surface area contributed by atoms with Crippen LogP contribution in [0.4, 0.5) is 21.5 Å². The molecule has 3 rings (SSSR count). The molecular formula is C20H14ClFN2O3. The molecule has 0 bridgehead atoms. The van der Waals surface area contributed by atoms with Gasteiger partial charge in [0.1, 0.15) is 11.5 Å². The van der Waals surface area contributed by atoms with E-state index in [4.69, 9.17) is 11.6 Å². The number of nitrogens with one attached hydrogen (secondary N) is 1. The molecule has 0 saturated carbocycles. The molecule has 7 heteroatoms. The second-order valence-corrected chi connectivity index (χ2v) is 6.29. The summed E-state index contributed by atoms with van der Waals surface area (Å²) in [5.74, 6) is -0.915. The van der Waals surface area contributed by atoms with Crippen molar-refractivity contribution in [2.75, 3.05) is 5.32 Å². The second-order valence-electron chi connectivity index (χ2n) is 5.88. The molecule has 0 unspecified atom stereocenters. The molecule has 0 atom stereocenters. The van der Waals surface area contributed by atoms with E-state index in [-0.39, 0.29) is 16.5 Å². The highest BCUT2D eigenvalue weighted by molar-refractivity contribution is 6.35. The van der Waals surface area contributed by atoms with Crippen molar-refractivity contribution >= 4 is 34.4 Å². The van der Waals surface area contributed by atoms with E-state index in [9.17, 15) is 19.3 Å². The van der Waals surface area contributed by atoms with Crippen LogP contribution in [0, 0.1) is 22.9 Å². The Morgan fingerprint density at radius 3 is 2.48 bits per heavy atom. The van der Waals surface area contributed by atoms with Crippen molar-refractivity contribution in [2.24, 2.45) is 0 Å². The Hall–Kier alpha value is -3.25. The lowest BCUT2D eigenvalue weighted by molar-refractivity contribution is -0.384. The summed E-state index contributed by atoms with van der Waals surface area (Å²) < 4.78 is 13.3. The summed E-state index contributed by atoms with van der Waals surface area (Å²) in [6.45, 7) is 1.84. The molecule has 0 amide bonds. The van der Waals surface area contributed by atoms with Crippen LogP contribution in [0.2, 0.25) is 5.02 Å². The molecule has 3 aromatic carbocycles. The highest BCUT2D eigenvalue weighted by Crippen LogP contribution is 2.31. The van der Waals surface area contributed by atoms with E-state index in [1.807, 2.05) is 19.1 Å². The number of nitro benzene ring substituents is 1. The molecule has 0 aliphatic heterocycles. The molecule has 27 heavy (non-hydrogen) atoms. The molecule has 0 radical (unpaired) electrons. The number of halogens is 2. The Morgan fingerprint density at radius 2 is 1.81 bits per heavy atom. The van der Waals surface area contributed by atoms with Gasteiger partial charge in [-0.25, -0.2) is 4.39 Å². The van der Waals surface area contributed by atoms with Gasteiger partial charge in [0.2, 0.25) is 0 Å². The van der Waals surface area contributed by atoms with Gasteiger partial charge in [-0.1, -0.05) is 35.9 Å². The normalized spacial score (nSPS) is 10.5. The number of aryl methyl sites for hydroxylation is 1. The molecule has 0 fully saturated rings. The van der Waals surface area contributed by atoms with Gasteiger partial charge in [-0.05, 0) is 42.8 Å². The van der Waals surface area contributed by atoms with Gasteiger partial charge in [0.25, 0.3) is 5.69 Å². The van der Waals surface area contributed by atoms with Crippen LogP contribution >= 0.6 is 11.6 Å². The maximum absolute atomic E-state index is 13.3. The van der Waals surface area contributed by atoms with Crippen LogP contribution in [-0.2, 0) is 0 Å². The SMILES string of the molecule is Cc1ccccc1C(=O)c1ccc(Nc2ccc(F)cc2[N+](=O)[O-])cc1Cl. The molecule has 5 nitrogen and oxygen atoms in total. The Balaban J connectivity index is 1.91. The fourth-order valence-corrected chi connectivity index (χ4v) is 2.93. The van der Waals surface area contributed by atoms with Crippen LogP contribution in [0.15, 0.2) is 60.7 Å². The molecular weight excluding hydrogens is 371 g/mol. The lowest BCUT2D eigenvalue weighted by Crippen LogP contribution is -2.05. The topological polar surface area (TPSA) is 72.2 Å². The van der Waals surface area contributed by atoms with Crippen LogP contribution in [0.1, 0.15) is 21.5 Å². The number of carbonyl (C=O) groups excluding carboxylic acids is 1. The molecule has 3 aromatic rings. The van der Waals surface area contributed by atoms with Gasteiger partial charge in [0.15, 0.2) is 5.78 Å². The summed E-state index contributed by atoms with van der Waals surface area (Å²) in [6, 6.07) is 15.0. The third-order valence-corrected chi connectivity index (χ3v) is 4.35. The van der Waals surface area contributed by atoms with Crippen LogP contribution in [0.25, 0.3) is 0 Å². The Morgan fingerprint density at radius 1 is 1.07 bits per heavy atom. The highest BCUT2D eigenvalue weighted by atomic mass is 35.5. The first-order valence-electron chi connectivity index (χ1n) is 7.97. The van der Waals surface area contributed by atoms with Gasteiger partial charge in [0, 0.05) is 16.8 Å². The van der Waals surface area contributed by atoms with Crippen LogP contribution in [0.5, 0.6) is 0 Å². The van der Waals surface area contributed by atoms with Gasteiger partial charge in [-0.3, -0.25) is 14.9 Å². The minimum absolute atomic E-state index is 0.121. The van der Waals surface area contributed by atoms with Gasteiger partial charge < -0.3 is 5.32 Å². The number of ketones is 1. The van der Waals surface area contributed by atoms with Crippen molar-refractivity contribution in [1.29, 1.82) is 0 Å². The summed E-state index contributed by atoms with van der Waals surface area (Å²) in [5, 5.41) is 14.1. The first-order valence-corrected chi connectivity index (χ1v) is 8.35. The van der Waals surface area contributed by atoms with E-state index >= 15 is 0 Å². The lowest BCUT2D eigenvalue weighted by Gasteiger charge is -2.11. The number of rotatable bonds is 5. The molecule has 1 N–H and O–H groups in total. The number of hydrogen-bond donors (Lipinski definition) is 1. The van der Waals surface area contributed by atoms with Crippen molar-refractivity contribution in [2.45, 2.75) is 6.92 Å². The molecule has 0 saturated heterocycles. The van der Waals surface area contributed by atoms with Crippen molar-refractivity contribution in [3.8, 4) is 0 Å². The van der Waals surface area contributed by atoms with Gasteiger partial charge in [-0.15, -0.1) is 0 Å². The third kappa shape index (κ3) is 3.96. The third-order valence-electron chi connectivity index (χ3n) is 4.04. The Labute approximate surface area is 159 Å². The van der Waals surface area contributed by atoms with E-state index in [1.165, 1.54) is 12.1 Å². The zero-order chi connectivity index (χ0) is 19.6. The minimum Gasteiger partial charge on any atom is -0.350 e. The number of hydrogen-bond acceptors (Lipinski definition) is 4. The zero-order valence-corrected chi connectivity index (χ0v) is 15.0. The zero-order valence-electron chi connectivity index (χ0n) is 14.2. The molecule has 0 aliphatic rings. The predicted octanol–water partition coefficient (Wildman–Crippen LogP) is 5.67. The first-order chi connectivity index (χ1) is 12.9. The van der Waals surface area contributed by atoms with Crippen LogP contribution in [0.3, 0.4) is 0 Å². The fourth-order valence-electron chi connectivity index (χ4n) is 2.67. The quantitative estimate of drug-likeness (QED) is 0.349. The Kier molecular flexibility index (Phi) is 5.19. The van der Waals surface area contributed by atoms with Crippen molar-refractivity contribution in [3.63, 3.8) is 0 Å². The summed E-state index contributed by atoms with van der Waals surface area (Å²) in [4.78, 5) is 23.1. The van der Waals surface area contributed by atoms with Gasteiger partial charge in [0.05, 0.1) is 16.0 Å². The van der Waals surface area contributed by atoms with E-state index in [1.54, 1.807) is 24.3 Å². The molecule has 0 heterocycles. The maximum atomic E-state index is 13.3. The summed E-state index contributed by atoms with van der Waals surface area (Å²) in [7, 11) is 0. The summed E-state index contributed by atoms with van der Waals surface area (Å²) >= 11 is 6.27. The van der Waals surface area contributed by atoms with Gasteiger partial charge in [-0.2, -0.15) is 0 Å². The molecule has 0 aliphatic carbocycles. The van der Waals surface area contributed by atoms with Crippen molar-refractivity contribution in [3.05, 3.63) is 98.3 Å². The minimum atomic E-state index is -0.704. The fraction of sp³-hybridized carbons (Fsp3) is 0.0500. The number of nitro groups is 1. The monoisotopic (exact) mass is 384 g/mol. The van der Waals surface area contributed by atoms with E-state index < -0.39 is 16.4 Å². The summed E-state index contributed by atoms with van der Waals surface area (Å²) in [6.07, 6.45) is 0. The van der Waals surface area contributed by atoms with Crippen molar-refractivity contribution in [1.82, 2.24) is 0 Å². The van der Waals surface area contributed by atoms with Crippen molar-refractivity contribution < 1.29 is 14.1 Å². The lowest BCUT2D eigenvalue weighted by atomic mass is 9.99. The smallest absolute Gasteiger partial charge is 0.295 e. The second kappa shape index (κ2) is 7.55. The number of anilines is 2. The number of benzene rings is 3. The van der Waals surface area contributed by atoms with E-state index in [2.05, 4.69) is 5.32 Å². The molecule has 136 valence electrons. The van der Waals surface area contributed by atoms with Gasteiger partial charge >= 0.3 is 0 Å². The van der Waals surface area contributed by atoms with E-state index in [0.29, 0.717) is 16.8 Å². The Bertz CT molecular complexity index is 1050. The average Bonchev–Trinajstić information content (AvgIpc) is 2.63. The maximum Gasteiger partial charge on any atom is 0.295 e. The highest BCUT2D eigenvalue weighted by Gasteiger charge is 2.17. The average molecular weight is 385 g/mol. The molecule has 0 spiro atoms. The standard InChI is InChI=1S/C20H14ClFN2O3/c1-12-4-2-3-5-15(12)20(25)16-8-7-14(11-17(16)21)23-18-9-6-13(22)10-19(18)24(26)27/h2-11,23H,1H3. The summed E-state index contributed by atoms with van der Waals surface area (Å²) in [5.41, 5.74) is 1.87. The van der Waals surface area contributed by atoms with Crippen LogP contribution in [-0.4, -0.2) is 10.7 Å². The molecule has 0 aromatic heterocycles. The first kappa shape index (κ1) is 18.5. The van der Waals surface area contributed by atoms with Crippen LogP contribution < -0.4 is 5.32 Å².